The standard InChI is InChI=1S/C18H35N3O3S.HI/c1-2-19-18(21-16-11-14-25(22,23)15-16)20-12-7-4-8-13-24-17-9-5-3-6-10-17;/h16-17H,2-15H2,1H3,(H2,19,20,21);1H. The molecule has 2 fully saturated rings. The Hall–Kier alpha value is -0.0900. The highest BCUT2D eigenvalue weighted by molar-refractivity contribution is 14.0. The van der Waals surface area contributed by atoms with Crippen LogP contribution in [0.3, 0.4) is 0 Å². The Kier molecular flexibility index (Phi) is 12.1. The number of hydrogen-bond donors (Lipinski definition) is 2. The van der Waals surface area contributed by atoms with E-state index in [-0.39, 0.29) is 41.5 Å². The number of aliphatic imine (C=N–C) groups is 1. The molecule has 154 valence electrons. The first-order valence-electron chi connectivity index (χ1n) is 9.96. The summed E-state index contributed by atoms with van der Waals surface area (Å²) in [6.07, 6.45) is 10.9. The predicted molar refractivity (Wildman–Crippen MR) is 118 cm³/mol. The lowest BCUT2D eigenvalue weighted by Crippen LogP contribution is -2.44. The lowest BCUT2D eigenvalue weighted by molar-refractivity contribution is 0.0264. The van der Waals surface area contributed by atoms with Crippen LogP contribution < -0.4 is 10.6 Å². The quantitative estimate of drug-likeness (QED) is 0.220. The van der Waals surface area contributed by atoms with E-state index in [1.54, 1.807) is 0 Å². The van der Waals surface area contributed by atoms with Crippen molar-refractivity contribution in [2.75, 3.05) is 31.2 Å². The van der Waals surface area contributed by atoms with Crippen LogP contribution in [0.4, 0.5) is 0 Å². The zero-order chi connectivity index (χ0) is 18.0. The van der Waals surface area contributed by atoms with Gasteiger partial charge in [0.05, 0.1) is 17.6 Å². The number of nitrogens with zero attached hydrogens (tertiary/aromatic N) is 1. The van der Waals surface area contributed by atoms with Gasteiger partial charge in [-0.3, -0.25) is 4.99 Å². The van der Waals surface area contributed by atoms with Crippen LogP contribution in [0.25, 0.3) is 0 Å². The zero-order valence-corrected chi connectivity index (χ0v) is 19.2. The van der Waals surface area contributed by atoms with E-state index < -0.39 is 9.84 Å². The molecular weight excluding hydrogens is 465 g/mol. The molecule has 1 heterocycles. The predicted octanol–water partition coefficient (Wildman–Crippen LogP) is 2.87. The van der Waals surface area contributed by atoms with Crippen LogP contribution in [-0.4, -0.2) is 57.7 Å². The molecule has 0 radical (unpaired) electrons. The summed E-state index contributed by atoms with van der Waals surface area (Å²) in [4.78, 5) is 4.57. The highest BCUT2D eigenvalue weighted by Gasteiger charge is 2.28. The molecule has 1 aliphatic heterocycles. The van der Waals surface area contributed by atoms with Crippen molar-refractivity contribution in [1.29, 1.82) is 0 Å². The fraction of sp³-hybridized carbons (Fsp3) is 0.944. The van der Waals surface area contributed by atoms with Crippen molar-refractivity contribution >= 4 is 39.8 Å². The minimum absolute atomic E-state index is 0. The highest BCUT2D eigenvalue weighted by Crippen LogP contribution is 2.20. The number of halogens is 1. The van der Waals surface area contributed by atoms with Gasteiger partial charge in [0.25, 0.3) is 0 Å². The zero-order valence-electron chi connectivity index (χ0n) is 16.0. The lowest BCUT2D eigenvalue weighted by atomic mass is 9.98. The van der Waals surface area contributed by atoms with Crippen molar-refractivity contribution in [3.63, 3.8) is 0 Å². The fourth-order valence-electron chi connectivity index (χ4n) is 3.49. The van der Waals surface area contributed by atoms with Gasteiger partial charge in [-0.1, -0.05) is 19.3 Å². The molecule has 1 aliphatic carbocycles. The van der Waals surface area contributed by atoms with Gasteiger partial charge in [0, 0.05) is 25.7 Å². The second kappa shape index (κ2) is 13.1. The van der Waals surface area contributed by atoms with Crippen LogP contribution in [0.2, 0.25) is 0 Å². The van der Waals surface area contributed by atoms with Gasteiger partial charge < -0.3 is 15.4 Å². The Labute approximate surface area is 176 Å². The van der Waals surface area contributed by atoms with Crippen molar-refractivity contribution < 1.29 is 13.2 Å². The number of hydrogen-bond acceptors (Lipinski definition) is 4. The molecule has 0 aromatic rings. The summed E-state index contributed by atoms with van der Waals surface area (Å²) in [7, 11) is -2.86. The largest absolute Gasteiger partial charge is 0.378 e. The molecule has 2 aliphatic rings. The van der Waals surface area contributed by atoms with E-state index in [1.807, 2.05) is 6.92 Å². The Morgan fingerprint density at radius 1 is 1.12 bits per heavy atom. The summed E-state index contributed by atoms with van der Waals surface area (Å²) >= 11 is 0. The van der Waals surface area contributed by atoms with Gasteiger partial charge in [-0.2, -0.15) is 0 Å². The van der Waals surface area contributed by atoms with Gasteiger partial charge in [0.15, 0.2) is 15.8 Å². The van der Waals surface area contributed by atoms with Crippen molar-refractivity contribution in [2.45, 2.75) is 76.9 Å². The van der Waals surface area contributed by atoms with Crippen LogP contribution in [0.15, 0.2) is 4.99 Å². The number of rotatable bonds is 9. The molecular formula is C18H36IN3O3S. The molecule has 0 aromatic heterocycles. The molecule has 0 amide bonds. The monoisotopic (exact) mass is 501 g/mol. The van der Waals surface area contributed by atoms with E-state index >= 15 is 0 Å². The van der Waals surface area contributed by atoms with Crippen LogP contribution in [-0.2, 0) is 14.6 Å². The summed E-state index contributed by atoms with van der Waals surface area (Å²) in [5.74, 6) is 1.24. The average Bonchev–Trinajstić information content (AvgIpc) is 2.93. The van der Waals surface area contributed by atoms with Gasteiger partial charge >= 0.3 is 0 Å². The van der Waals surface area contributed by atoms with Crippen LogP contribution >= 0.6 is 24.0 Å². The molecule has 6 nitrogen and oxygen atoms in total. The smallest absolute Gasteiger partial charge is 0.191 e. The van der Waals surface area contributed by atoms with E-state index in [1.165, 1.54) is 32.1 Å². The van der Waals surface area contributed by atoms with Crippen molar-refractivity contribution in [2.24, 2.45) is 4.99 Å². The third-order valence-electron chi connectivity index (χ3n) is 4.90. The summed E-state index contributed by atoms with van der Waals surface area (Å²) in [5.41, 5.74) is 0. The topological polar surface area (TPSA) is 79.8 Å². The normalized spacial score (nSPS) is 23.4. The molecule has 2 N–H and O–H groups in total. The van der Waals surface area contributed by atoms with Gasteiger partial charge in [0.2, 0.25) is 0 Å². The van der Waals surface area contributed by atoms with E-state index in [0.717, 1.165) is 44.9 Å². The van der Waals surface area contributed by atoms with E-state index in [9.17, 15) is 8.42 Å². The highest BCUT2D eigenvalue weighted by atomic mass is 127. The number of sulfone groups is 1. The third-order valence-corrected chi connectivity index (χ3v) is 6.66. The molecule has 1 unspecified atom stereocenters. The van der Waals surface area contributed by atoms with E-state index in [2.05, 4.69) is 15.6 Å². The van der Waals surface area contributed by atoms with Crippen molar-refractivity contribution in [3.8, 4) is 0 Å². The summed E-state index contributed by atoms with van der Waals surface area (Å²) in [6.45, 7) is 4.43. The molecule has 0 aromatic carbocycles. The minimum Gasteiger partial charge on any atom is -0.378 e. The number of guanidine groups is 1. The van der Waals surface area contributed by atoms with Crippen molar-refractivity contribution in [3.05, 3.63) is 0 Å². The Balaban J connectivity index is 0.00000338. The molecule has 8 heteroatoms. The molecule has 1 atom stereocenters. The van der Waals surface area contributed by atoms with Gasteiger partial charge in [-0.15, -0.1) is 24.0 Å². The lowest BCUT2D eigenvalue weighted by Gasteiger charge is -2.21. The van der Waals surface area contributed by atoms with E-state index in [4.69, 9.17) is 4.74 Å². The Morgan fingerprint density at radius 3 is 2.54 bits per heavy atom. The SMILES string of the molecule is CCNC(=NCCCCCOC1CCCCC1)NC1CCS(=O)(=O)C1.I. The molecule has 0 bridgehead atoms. The van der Waals surface area contributed by atoms with Gasteiger partial charge in [0.1, 0.15) is 0 Å². The second-order valence-electron chi connectivity index (χ2n) is 7.20. The summed E-state index contributed by atoms with van der Waals surface area (Å²) in [6, 6.07) is -0.00769. The maximum Gasteiger partial charge on any atom is 0.191 e. The molecule has 2 rings (SSSR count). The van der Waals surface area contributed by atoms with Gasteiger partial charge in [-0.25, -0.2) is 8.42 Å². The molecule has 26 heavy (non-hydrogen) atoms. The second-order valence-corrected chi connectivity index (χ2v) is 9.43. The maximum atomic E-state index is 11.5. The Bertz CT molecular complexity index is 508. The first kappa shape index (κ1) is 23.9. The summed E-state index contributed by atoms with van der Waals surface area (Å²) in [5, 5.41) is 6.45. The number of unbranched alkanes of at least 4 members (excludes halogenated alkanes) is 2. The van der Waals surface area contributed by atoms with Crippen LogP contribution in [0.1, 0.15) is 64.7 Å². The van der Waals surface area contributed by atoms with Crippen LogP contribution in [0, 0.1) is 0 Å². The minimum atomic E-state index is -2.86. The van der Waals surface area contributed by atoms with E-state index in [0.29, 0.717) is 12.5 Å². The number of ether oxygens (including phenoxy) is 1. The molecule has 0 spiro atoms. The fourth-order valence-corrected chi connectivity index (χ4v) is 5.16. The third kappa shape index (κ3) is 9.73. The number of nitrogens with one attached hydrogen (secondary N) is 2. The maximum absolute atomic E-state index is 11.5. The first-order valence-corrected chi connectivity index (χ1v) is 11.8. The molecule has 1 saturated carbocycles. The van der Waals surface area contributed by atoms with Crippen molar-refractivity contribution in [1.82, 2.24) is 10.6 Å². The average molecular weight is 501 g/mol. The Morgan fingerprint density at radius 2 is 1.88 bits per heavy atom. The molecule has 1 saturated heterocycles. The van der Waals surface area contributed by atoms with Crippen LogP contribution in [0.5, 0.6) is 0 Å². The van der Waals surface area contributed by atoms with Gasteiger partial charge in [-0.05, 0) is 45.4 Å². The first-order chi connectivity index (χ1) is 12.1. The summed E-state index contributed by atoms with van der Waals surface area (Å²) < 4.78 is 29.0.